The quantitative estimate of drug-likeness (QED) is 0.395. The van der Waals surface area contributed by atoms with Crippen LogP contribution in [-0.2, 0) is 6.42 Å². The maximum absolute atomic E-state index is 12.9. The summed E-state index contributed by atoms with van der Waals surface area (Å²) in [6.07, 6.45) is -0.782. The Kier molecular flexibility index (Phi) is 6.44. The van der Waals surface area contributed by atoms with E-state index in [1.54, 1.807) is 39.3 Å². The number of aliphatic hydroxyl groups excluding tert-OH is 2. The van der Waals surface area contributed by atoms with Crippen molar-refractivity contribution in [1.29, 1.82) is 5.26 Å². The molecule has 0 radical (unpaired) electrons. The Labute approximate surface area is 236 Å². The van der Waals surface area contributed by atoms with Gasteiger partial charge in [0.2, 0.25) is 11.9 Å². The van der Waals surface area contributed by atoms with E-state index in [9.17, 15) is 20.3 Å². The van der Waals surface area contributed by atoms with E-state index < -0.39 is 12.3 Å². The molecule has 206 valence electrons. The van der Waals surface area contributed by atoms with Crippen molar-refractivity contribution in [2.45, 2.75) is 18.7 Å². The molecule has 0 fully saturated rings. The zero-order valence-electron chi connectivity index (χ0n) is 22.8. The zero-order chi connectivity index (χ0) is 28.8. The normalized spacial score (nSPS) is 18.7. The molecule has 2 aliphatic rings. The molecule has 4 aromatic rings. The average molecular weight is 549 g/mol. The van der Waals surface area contributed by atoms with Crippen LogP contribution in [0.3, 0.4) is 0 Å². The predicted molar refractivity (Wildman–Crippen MR) is 153 cm³/mol. The molecule has 3 heterocycles. The molecule has 2 aliphatic heterocycles. The van der Waals surface area contributed by atoms with Crippen molar-refractivity contribution in [2.24, 2.45) is 4.99 Å². The lowest BCUT2D eigenvalue weighted by molar-refractivity contribution is 0.0492. The van der Waals surface area contributed by atoms with Crippen LogP contribution >= 0.6 is 0 Å². The van der Waals surface area contributed by atoms with Gasteiger partial charge in [0, 0.05) is 33.3 Å². The fraction of sp³-hybridized carbons (Fsp3) is 0.226. The minimum Gasteiger partial charge on any atom is -0.506 e. The fourth-order valence-electron chi connectivity index (χ4n) is 5.44. The Morgan fingerprint density at radius 2 is 1.85 bits per heavy atom. The van der Waals surface area contributed by atoms with Crippen LogP contribution < -0.4 is 0 Å². The van der Waals surface area contributed by atoms with Crippen LogP contribution in [0, 0.1) is 11.3 Å². The van der Waals surface area contributed by atoms with Crippen LogP contribution in [0.25, 0.3) is 16.8 Å². The van der Waals surface area contributed by atoms with Crippen molar-refractivity contribution >= 4 is 28.7 Å². The number of benzene rings is 3. The third-order valence-corrected chi connectivity index (χ3v) is 7.54. The third kappa shape index (κ3) is 4.37. The van der Waals surface area contributed by atoms with E-state index in [1.807, 2.05) is 53.4 Å². The highest BCUT2D eigenvalue weighted by molar-refractivity contribution is 5.94. The van der Waals surface area contributed by atoms with Gasteiger partial charge < -0.3 is 29.3 Å². The molecule has 1 amide bonds. The summed E-state index contributed by atoms with van der Waals surface area (Å²) in [5.41, 5.74) is 4.80. The van der Waals surface area contributed by atoms with E-state index in [0.717, 1.165) is 16.7 Å². The molecule has 3 aromatic carbocycles. The van der Waals surface area contributed by atoms with Gasteiger partial charge in [-0.1, -0.05) is 36.4 Å². The molecule has 0 saturated carbocycles. The molecule has 2 atom stereocenters. The summed E-state index contributed by atoms with van der Waals surface area (Å²) in [6.45, 7) is 0.496. The Morgan fingerprint density at radius 1 is 1.10 bits per heavy atom. The van der Waals surface area contributed by atoms with Gasteiger partial charge in [0.05, 0.1) is 17.7 Å². The molecule has 6 rings (SSSR count). The van der Waals surface area contributed by atoms with Gasteiger partial charge in [-0.25, -0.2) is 9.98 Å². The Balaban J connectivity index is 1.54. The van der Waals surface area contributed by atoms with Gasteiger partial charge >= 0.3 is 0 Å². The molecule has 2 N–H and O–H groups in total. The second-order valence-electron chi connectivity index (χ2n) is 10.3. The van der Waals surface area contributed by atoms with Gasteiger partial charge in [-0.2, -0.15) is 5.26 Å². The minimum absolute atomic E-state index is 0.0245. The molecular formula is C31H28N6O4. The minimum atomic E-state index is -1.41. The third-order valence-electron chi connectivity index (χ3n) is 7.54. The monoisotopic (exact) mass is 548 g/mol. The second-order valence-corrected chi connectivity index (χ2v) is 10.3. The van der Waals surface area contributed by atoms with E-state index in [4.69, 9.17) is 9.41 Å². The summed E-state index contributed by atoms with van der Waals surface area (Å²) in [5, 5.41) is 32.1. The first-order valence-electron chi connectivity index (χ1n) is 13.2. The lowest BCUT2D eigenvalue weighted by Crippen LogP contribution is -2.53. The number of aromatic nitrogens is 1. The van der Waals surface area contributed by atoms with Gasteiger partial charge in [0.1, 0.15) is 5.52 Å². The number of aliphatic hydroxyl groups is 2. The lowest BCUT2D eigenvalue weighted by Gasteiger charge is -2.44. The smallest absolute Gasteiger partial charge is 0.253 e. The van der Waals surface area contributed by atoms with E-state index in [2.05, 4.69) is 11.1 Å². The molecule has 10 heteroatoms. The number of fused-ring (bicyclic) bond motifs is 2. The lowest BCUT2D eigenvalue weighted by atomic mass is 9.85. The van der Waals surface area contributed by atoms with Crippen LogP contribution in [0.2, 0.25) is 0 Å². The Bertz CT molecular complexity index is 1750. The first kappa shape index (κ1) is 26.1. The number of guanidine groups is 1. The van der Waals surface area contributed by atoms with Gasteiger partial charge in [0.15, 0.2) is 23.3 Å². The molecular weight excluding hydrogens is 520 g/mol. The molecule has 10 nitrogen and oxygen atoms in total. The van der Waals surface area contributed by atoms with Crippen molar-refractivity contribution in [3.8, 4) is 6.07 Å². The number of hydrogen-bond donors (Lipinski definition) is 2. The van der Waals surface area contributed by atoms with Crippen molar-refractivity contribution in [2.75, 3.05) is 27.7 Å². The number of amides is 1. The van der Waals surface area contributed by atoms with E-state index >= 15 is 0 Å². The number of nitrogens with zero attached hydrogens (tertiary/aromatic N) is 6. The van der Waals surface area contributed by atoms with E-state index in [0.29, 0.717) is 41.2 Å². The van der Waals surface area contributed by atoms with Gasteiger partial charge in [-0.05, 0) is 53.4 Å². The average Bonchev–Trinajstić information content (AvgIpc) is 3.43. The summed E-state index contributed by atoms with van der Waals surface area (Å²) < 4.78 is 5.90. The number of hydrogen-bond acceptors (Lipinski definition) is 9. The van der Waals surface area contributed by atoms with Gasteiger partial charge in [0.25, 0.3) is 5.91 Å². The Morgan fingerprint density at radius 3 is 2.61 bits per heavy atom. The number of carbonyl (C=O) groups excluding carboxylic acids is 1. The number of likely N-dealkylation sites (N-methyl/N-ethyl adjacent to an activating group) is 1. The largest absolute Gasteiger partial charge is 0.506 e. The number of para-hydroxylation sites is 2. The van der Waals surface area contributed by atoms with Crippen molar-refractivity contribution in [3.05, 3.63) is 106 Å². The van der Waals surface area contributed by atoms with Crippen LogP contribution in [0.15, 0.2) is 81.9 Å². The van der Waals surface area contributed by atoms with Crippen LogP contribution in [0.4, 0.5) is 0 Å². The maximum Gasteiger partial charge on any atom is 0.253 e. The summed E-state index contributed by atoms with van der Waals surface area (Å²) in [5.74, 6) is -0.0714. The number of rotatable bonds is 3. The number of aliphatic imine (C=N–C) groups is 1. The summed E-state index contributed by atoms with van der Waals surface area (Å²) >= 11 is 0. The van der Waals surface area contributed by atoms with E-state index in [-0.39, 0.29) is 23.3 Å². The zero-order valence-corrected chi connectivity index (χ0v) is 22.8. The summed E-state index contributed by atoms with van der Waals surface area (Å²) in [7, 11) is 5.05. The first-order valence-corrected chi connectivity index (χ1v) is 13.2. The fourth-order valence-corrected chi connectivity index (χ4v) is 5.44. The van der Waals surface area contributed by atoms with Crippen molar-refractivity contribution < 1.29 is 19.4 Å². The van der Waals surface area contributed by atoms with Gasteiger partial charge in [-0.3, -0.25) is 4.79 Å². The van der Waals surface area contributed by atoms with Crippen LogP contribution in [-0.4, -0.2) is 75.7 Å². The van der Waals surface area contributed by atoms with Crippen molar-refractivity contribution in [3.63, 3.8) is 0 Å². The van der Waals surface area contributed by atoms with Crippen LogP contribution in [0.5, 0.6) is 0 Å². The number of carbonyl (C=O) groups is 1. The molecule has 0 bridgehead atoms. The maximum atomic E-state index is 12.9. The topological polar surface area (TPSA) is 129 Å². The summed E-state index contributed by atoms with van der Waals surface area (Å²) in [6, 6.07) is 22.0. The molecule has 0 aliphatic carbocycles. The molecule has 2 unspecified atom stereocenters. The molecule has 0 spiro atoms. The highest BCUT2D eigenvalue weighted by Gasteiger charge is 2.39. The number of oxazole rings is 1. The van der Waals surface area contributed by atoms with Crippen LogP contribution in [0.1, 0.15) is 44.5 Å². The molecule has 1 aromatic heterocycles. The Hall–Kier alpha value is -5.14. The SMILES string of the molecule is CN(C)C(=O)c1ccc2c(c1)C(c1ccccc1C#N)N(C1=NC(c3nc4ccccc4o3)=C(O)C(O)N1C)CC2. The highest BCUT2D eigenvalue weighted by atomic mass is 16.4. The molecule has 41 heavy (non-hydrogen) atoms. The second kappa shape index (κ2) is 10.1. The highest BCUT2D eigenvalue weighted by Crippen LogP contribution is 2.40. The van der Waals surface area contributed by atoms with Gasteiger partial charge in [-0.15, -0.1) is 0 Å². The standard InChI is InChI=1S/C31H28N6O4/c1-35(2)29(39)19-13-12-18-14-15-37(26(22(18)16-19)21-9-5-4-8-20(21)17-32)31-34-25(27(38)30(40)36(31)3)28-33-23-10-6-7-11-24(23)41-28/h4-13,16,26,30,38,40H,14-15H2,1-3H3. The molecule has 0 saturated heterocycles. The van der Waals surface area contributed by atoms with Crippen molar-refractivity contribution in [1.82, 2.24) is 19.7 Å². The first-order chi connectivity index (χ1) is 19.8. The van der Waals surface area contributed by atoms with E-state index in [1.165, 1.54) is 9.80 Å². The predicted octanol–water partition coefficient (Wildman–Crippen LogP) is 3.90. The summed E-state index contributed by atoms with van der Waals surface area (Å²) in [4.78, 5) is 27.2. The number of nitriles is 1.